The van der Waals surface area contributed by atoms with Gasteiger partial charge in [0.25, 0.3) is 5.91 Å². The van der Waals surface area contributed by atoms with Gasteiger partial charge in [-0.1, -0.05) is 36.4 Å². The van der Waals surface area contributed by atoms with Crippen molar-refractivity contribution in [2.24, 2.45) is 0 Å². The average molecular weight is 440 g/mol. The minimum Gasteiger partial charge on any atom is -0.506 e. The number of nitrogens with zero attached hydrogens (tertiary/aromatic N) is 2. The number of nitrogens with one attached hydrogen (secondary N) is 2. The summed E-state index contributed by atoms with van der Waals surface area (Å²) in [6.07, 6.45) is 0. The van der Waals surface area contributed by atoms with E-state index in [9.17, 15) is 14.7 Å². The van der Waals surface area contributed by atoms with E-state index in [4.69, 9.17) is 5.11 Å². The van der Waals surface area contributed by atoms with E-state index in [0.717, 1.165) is 17.3 Å². The van der Waals surface area contributed by atoms with Crippen molar-refractivity contribution in [2.75, 3.05) is 10.6 Å². The number of rotatable bonds is 6. The van der Waals surface area contributed by atoms with E-state index in [2.05, 4.69) is 20.6 Å². The maximum atomic E-state index is 12.7. The summed E-state index contributed by atoms with van der Waals surface area (Å²) in [4.78, 5) is 32.6. The highest BCUT2D eigenvalue weighted by Gasteiger charge is 2.13. The molecule has 1 amide bonds. The molecule has 1 heterocycles. The molecule has 0 radical (unpaired) electrons. The van der Waals surface area contributed by atoms with E-state index in [0.29, 0.717) is 22.9 Å². The number of aromatic hydroxyl groups is 1. The van der Waals surface area contributed by atoms with Gasteiger partial charge in [0.1, 0.15) is 17.4 Å². The van der Waals surface area contributed by atoms with Gasteiger partial charge in [0.2, 0.25) is 0 Å². The third kappa shape index (κ3) is 5.13. The number of anilines is 3. The zero-order valence-corrected chi connectivity index (χ0v) is 17.6. The second-order valence-electron chi connectivity index (χ2n) is 7.25. The Labute approximate surface area is 189 Å². The molecule has 164 valence electrons. The number of aryl methyl sites for hydroxylation is 1. The highest BCUT2D eigenvalue weighted by Crippen LogP contribution is 2.26. The van der Waals surface area contributed by atoms with E-state index in [-0.39, 0.29) is 17.0 Å². The SMILES string of the molecule is Cc1nc(Nc2cccc(C(=O)Nc3ccc(C(=O)O)cc3O)c2)cc(-c2ccccc2)n1. The van der Waals surface area contributed by atoms with Crippen molar-refractivity contribution in [3.8, 4) is 17.0 Å². The lowest BCUT2D eigenvalue weighted by atomic mass is 10.1. The van der Waals surface area contributed by atoms with E-state index in [1.807, 2.05) is 43.3 Å². The van der Waals surface area contributed by atoms with Crippen molar-refractivity contribution >= 4 is 29.1 Å². The predicted molar refractivity (Wildman–Crippen MR) is 125 cm³/mol. The molecule has 4 N–H and O–H groups in total. The first-order valence-corrected chi connectivity index (χ1v) is 10.0. The monoisotopic (exact) mass is 440 g/mol. The first-order valence-electron chi connectivity index (χ1n) is 10.0. The number of phenolic OH excluding ortho intramolecular Hbond substituents is 1. The lowest BCUT2D eigenvalue weighted by Crippen LogP contribution is -2.12. The minimum absolute atomic E-state index is 0.0771. The Balaban J connectivity index is 1.53. The summed E-state index contributed by atoms with van der Waals surface area (Å²) in [6.45, 7) is 1.81. The van der Waals surface area contributed by atoms with Crippen LogP contribution in [0.4, 0.5) is 17.2 Å². The zero-order chi connectivity index (χ0) is 23.4. The van der Waals surface area contributed by atoms with Crippen LogP contribution in [0.3, 0.4) is 0 Å². The molecule has 0 saturated heterocycles. The van der Waals surface area contributed by atoms with Crippen molar-refractivity contribution in [1.82, 2.24) is 9.97 Å². The van der Waals surface area contributed by atoms with Gasteiger partial charge in [-0.05, 0) is 43.3 Å². The number of carboxylic acids is 1. The fourth-order valence-corrected chi connectivity index (χ4v) is 3.24. The molecular weight excluding hydrogens is 420 g/mol. The van der Waals surface area contributed by atoms with Crippen LogP contribution < -0.4 is 10.6 Å². The van der Waals surface area contributed by atoms with Crippen molar-refractivity contribution in [2.45, 2.75) is 6.92 Å². The van der Waals surface area contributed by atoms with Gasteiger partial charge in [-0.3, -0.25) is 4.79 Å². The molecule has 0 aliphatic rings. The molecule has 8 nitrogen and oxygen atoms in total. The number of aromatic nitrogens is 2. The van der Waals surface area contributed by atoms with Gasteiger partial charge < -0.3 is 20.8 Å². The molecule has 0 fully saturated rings. The molecule has 3 aromatic carbocycles. The fourth-order valence-electron chi connectivity index (χ4n) is 3.24. The molecule has 1 aromatic heterocycles. The van der Waals surface area contributed by atoms with Gasteiger partial charge in [0.15, 0.2) is 0 Å². The third-order valence-electron chi connectivity index (χ3n) is 4.80. The molecule has 0 bridgehead atoms. The lowest BCUT2D eigenvalue weighted by Gasteiger charge is -2.11. The van der Waals surface area contributed by atoms with Crippen LogP contribution in [0.5, 0.6) is 5.75 Å². The van der Waals surface area contributed by atoms with E-state index in [1.54, 1.807) is 24.3 Å². The Morgan fingerprint density at radius 3 is 2.36 bits per heavy atom. The van der Waals surface area contributed by atoms with Crippen molar-refractivity contribution < 1.29 is 19.8 Å². The third-order valence-corrected chi connectivity index (χ3v) is 4.80. The smallest absolute Gasteiger partial charge is 0.335 e. The molecule has 33 heavy (non-hydrogen) atoms. The van der Waals surface area contributed by atoms with Crippen LogP contribution in [0.15, 0.2) is 78.9 Å². The summed E-state index contributed by atoms with van der Waals surface area (Å²) in [6, 6.07) is 22.1. The number of hydrogen-bond acceptors (Lipinski definition) is 6. The predicted octanol–water partition coefficient (Wildman–Crippen LogP) is 4.85. The van der Waals surface area contributed by atoms with Crippen LogP contribution in [0.25, 0.3) is 11.3 Å². The molecule has 0 aliphatic heterocycles. The average Bonchev–Trinajstić information content (AvgIpc) is 2.80. The maximum Gasteiger partial charge on any atom is 0.335 e. The van der Waals surface area contributed by atoms with Gasteiger partial charge in [0.05, 0.1) is 16.9 Å². The minimum atomic E-state index is -1.17. The first-order chi connectivity index (χ1) is 15.9. The Morgan fingerprint density at radius 1 is 0.848 bits per heavy atom. The summed E-state index contributed by atoms with van der Waals surface area (Å²) in [5.41, 5.74) is 2.77. The molecule has 4 aromatic rings. The zero-order valence-electron chi connectivity index (χ0n) is 17.6. The summed E-state index contributed by atoms with van der Waals surface area (Å²) in [5.74, 6) is -0.769. The number of hydrogen-bond donors (Lipinski definition) is 4. The number of benzene rings is 3. The van der Waals surface area contributed by atoms with Crippen molar-refractivity contribution in [1.29, 1.82) is 0 Å². The number of carbonyl (C=O) groups is 2. The van der Waals surface area contributed by atoms with Crippen molar-refractivity contribution in [3.05, 3.63) is 95.8 Å². The highest BCUT2D eigenvalue weighted by atomic mass is 16.4. The van der Waals surface area contributed by atoms with Gasteiger partial charge in [-0.2, -0.15) is 0 Å². The molecule has 0 spiro atoms. The van der Waals surface area contributed by atoms with Crippen LogP contribution in [0, 0.1) is 6.92 Å². The Kier molecular flexibility index (Phi) is 5.99. The van der Waals surface area contributed by atoms with E-state index >= 15 is 0 Å². The van der Waals surface area contributed by atoms with Crippen LogP contribution in [0.2, 0.25) is 0 Å². The highest BCUT2D eigenvalue weighted by molar-refractivity contribution is 6.06. The normalized spacial score (nSPS) is 10.5. The Morgan fingerprint density at radius 2 is 1.64 bits per heavy atom. The summed E-state index contributed by atoms with van der Waals surface area (Å²) >= 11 is 0. The van der Waals surface area contributed by atoms with Gasteiger partial charge in [0, 0.05) is 22.9 Å². The Bertz CT molecular complexity index is 1340. The molecule has 0 saturated carbocycles. The number of carbonyl (C=O) groups excluding carboxylic acids is 1. The molecular formula is C25H20N4O4. The van der Waals surface area contributed by atoms with E-state index < -0.39 is 11.9 Å². The van der Waals surface area contributed by atoms with Gasteiger partial charge in [-0.25, -0.2) is 14.8 Å². The Hall–Kier alpha value is -4.72. The van der Waals surface area contributed by atoms with E-state index in [1.165, 1.54) is 12.1 Å². The van der Waals surface area contributed by atoms with Crippen molar-refractivity contribution in [3.63, 3.8) is 0 Å². The molecule has 4 rings (SSSR count). The number of amides is 1. The van der Waals surface area contributed by atoms with Crippen LogP contribution in [-0.2, 0) is 0 Å². The maximum absolute atomic E-state index is 12.7. The quantitative estimate of drug-likeness (QED) is 0.316. The summed E-state index contributed by atoms with van der Waals surface area (Å²) < 4.78 is 0. The van der Waals surface area contributed by atoms with Crippen LogP contribution in [-0.4, -0.2) is 32.1 Å². The second-order valence-corrected chi connectivity index (χ2v) is 7.25. The first kappa shape index (κ1) is 21.5. The number of aromatic carboxylic acids is 1. The van der Waals surface area contributed by atoms with Gasteiger partial charge in [-0.15, -0.1) is 0 Å². The van der Waals surface area contributed by atoms with Crippen LogP contribution in [0.1, 0.15) is 26.5 Å². The largest absolute Gasteiger partial charge is 0.506 e. The number of phenols is 1. The molecule has 0 unspecified atom stereocenters. The molecule has 0 aliphatic carbocycles. The summed E-state index contributed by atoms with van der Waals surface area (Å²) in [5, 5.41) is 24.8. The summed E-state index contributed by atoms with van der Waals surface area (Å²) in [7, 11) is 0. The lowest BCUT2D eigenvalue weighted by molar-refractivity contribution is 0.0696. The van der Waals surface area contributed by atoms with Gasteiger partial charge >= 0.3 is 5.97 Å². The number of carboxylic acid groups (broad SMARTS) is 1. The van der Waals surface area contributed by atoms with Crippen LogP contribution >= 0.6 is 0 Å². The second kappa shape index (κ2) is 9.19. The fraction of sp³-hybridized carbons (Fsp3) is 0.0400. The molecule has 0 atom stereocenters. The standard InChI is InChI=1S/C25H20N4O4/c1-15-26-21(16-6-3-2-4-7-16)14-23(27-15)28-19-9-5-8-17(12-19)24(31)29-20-11-10-18(25(32)33)13-22(20)30/h2-14,30H,1H3,(H,29,31)(H,32,33)(H,26,27,28). The molecule has 8 heteroatoms. The topological polar surface area (TPSA) is 124 Å².